The highest BCUT2D eigenvalue weighted by Crippen LogP contribution is 2.32. The minimum Gasteiger partial charge on any atom is -0.493 e. The number of aromatic nitrogens is 2. The Labute approximate surface area is 158 Å². The van der Waals surface area contributed by atoms with Crippen molar-refractivity contribution >= 4 is 0 Å². The quantitative estimate of drug-likeness (QED) is 0.577. The van der Waals surface area contributed by atoms with Gasteiger partial charge in [-0.2, -0.15) is 0 Å². The number of rotatable bonds is 8. The average Bonchev–Trinajstić information content (AvgIpc) is 2.69. The maximum absolute atomic E-state index is 6.05. The van der Waals surface area contributed by atoms with E-state index in [-0.39, 0.29) is 0 Å². The molecule has 1 aliphatic rings. The zero-order chi connectivity index (χ0) is 18.2. The van der Waals surface area contributed by atoms with Crippen molar-refractivity contribution < 1.29 is 4.74 Å². The van der Waals surface area contributed by atoms with E-state index in [1.54, 1.807) is 0 Å². The lowest BCUT2D eigenvalue weighted by Gasteiger charge is -2.28. The fraction of sp³-hybridized carbons (Fsp3) is 0.565. The zero-order valence-corrected chi connectivity index (χ0v) is 16.3. The van der Waals surface area contributed by atoms with Crippen LogP contribution >= 0.6 is 0 Å². The van der Waals surface area contributed by atoms with Crippen LogP contribution in [0.25, 0.3) is 11.3 Å². The molecule has 0 spiro atoms. The predicted molar refractivity (Wildman–Crippen MR) is 107 cm³/mol. The van der Waals surface area contributed by atoms with Crippen LogP contribution in [-0.2, 0) is 6.42 Å². The van der Waals surface area contributed by atoms with E-state index in [4.69, 9.17) is 4.74 Å². The van der Waals surface area contributed by atoms with Crippen LogP contribution in [0.4, 0.5) is 0 Å². The lowest BCUT2D eigenvalue weighted by atomic mass is 9.80. The van der Waals surface area contributed by atoms with Crippen LogP contribution in [0.2, 0.25) is 0 Å². The van der Waals surface area contributed by atoms with E-state index in [0.717, 1.165) is 54.0 Å². The minimum absolute atomic E-state index is 0.722. The van der Waals surface area contributed by atoms with E-state index in [9.17, 15) is 0 Å². The van der Waals surface area contributed by atoms with Gasteiger partial charge in [-0.15, -0.1) is 0 Å². The summed E-state index contributed by atoms with van der Waals surface area (Å²) < 4.78 is 6.05. The Hall–Kier alpha value is -1.90. The molecule has 3 heteroatoms. The Morgan fingerprint density at radius 1 is 0.885 bits per heavy atom. The summed E-state index contributed by atoms with van der Waals surface area (Å²) in [6.45, 7) is 5.30. The molecule has 0 unspecified atom stereocenters. The van der Waals surface area contributed by atoms with Crippen LogP contribution < -0.4 is 4.74 Å². The van der Waals surface area contributed by atoms with Gasteiger partial charge in [0.05, 0.1) is 24.2 Å². The highest BCUT2D eigenvalue weighted by atomic mass is 16.5. The summed E-state index contributed by atoms with van der Waals surface area (Å²) in [5.41, 5.74) is 3.07. The van der Waals surface area contributed by atoms with Gasteiger partial charge in [0.2, 0.25) is 0 Å². The van der Waals surface area contributed by atoms with Crippen molar-refractivity contribution in [2.45, 2.75) is 65.2 Å². The van der Waals surface area contributed by atoms with Crippen molar-refractivity contribution in [2.75, 3.05) is 6.61 Å². The fourth-order valence-electron chi connectivity index (χ4n) is 3.92. The van der Waals surface area contributed by atoms with Crippen molar-refractivity contribution in [3.05, 3.63) is 42.4 Å². The molecule has 1 saturated carbocycles. The number of ether oxygens (including phenoxy) is 1. The second kappa shape index (κ2) is 9.70. The summed E-state index contributed by atoms with van der Waals surface area (Å²) >= 11 is 0. The molecule has 1 aliphatic carbocycles. The maximum atomic E-state index is 6.05. The standard InChI is InChI=1S/C23H32N2O/c1-3-5-18-7-9-19(10-8-18)17-26-22-13-11-20(12-14-22)23-16-24-21(6-4-2)15-25-23/h11-16,18-19H,3-10,17H2,1-2H3. The molecule has 3 rings (SSSR count). The second-order valence-electron chi connectivity index (χ2n) is 7.65. The molecule has 3 nitrogen and oxygen atoms in total. The predicted octanol–water partition coefficient (Wildman–Crippen LogP) is 6.08. The van der Waals surface area contributed by atoms with Gasteiger partial charge in [-0.05, 0) is 55.4 Å². The smallest absolute Gasteiger partial charge is 0.119 e. The molecule has 2 aromatic rings. The summed E-state index contributed by atoms with van der Waals surface area (Å²) in [6.07, 6.45) is 14.0. The van der Waals surface area contributed by atoms with Gasteiger partial charge < -0.3 is 4.74 Å². The van der Waals surface area contributed by atoms with E-state index in [0.29, 0.717) is 0 Å². The molecule has 140 valence electrons. The minimum atomic E-state index is 0.722. The van der Waals surface area contributed by atoms with E-state index >= 15 is 0 Å². The van der Waals surface area contributed by atoms with E-state index < -0.39 is 0 Å². The van der Waals surface area contributed by atoms with Crippen molar-refractivity contribution in [3.63, 3.8) is 0 Å². The Kier molecular flexibility index (Phi) is 7.04. The van der Waals surface area contributed by atoms with Gasteiger partial charge in [0.1, 0.15) is 5.75 Å². The van der Waals surface area contributed by atoms with Crippen molar-refractivity contribution in [1.29, 1.82) is 0 Å². The first-order chi connectivity index (χ1) is 12.8. The Bertz CT molecular complexity index is 643. The molecule has 0 bridgehead atoms. The van der Waals surface area contributed by atoms with Crippen LogP contribution in [0.15, 0.2) is 36.7 Å². The zero-order valence-electron chi connectivity index (χ0n) is 16.3. The third-order valence-electron chi connectivity index (χ3n) is 5.51. The molecule has 0 saturated heterocycles. The first kappa shape index (κ1) is 18.9. The van der Waals surface area contributed by atoms with Gasteiger partial charge in [0, 0.05) is 11.8 Å². The van der Waals surface area contributed by atoms with E-state index in [1.807, 2.05) is 12.4 Å². The van der Waals surface area contributed by atoms with Gasteiger partial charge in [0.25, 0.3) is 0 Å². The largest absolute Gasteiger partial charge is 0.493 e. The molecular formula is C23H32N2O. The monoisotopic (exact) mass is 352 g/mol. The molecule has 0 amide bonds. The number of hydrogen-bond donors (Lipinski definition) is 0. The number of aryl methyl sites for hydroxylation is 1. The first-order valence-corrected chi connectivity index (χ1v) is 10.3. The summed E-state index contributed by atoms with van der Waals surface area (Å²) in [7, 11) is 0. The third-order valence-corrected chi connectivity index (χ3v) is 5.51. The van der Waals surface area contributed by atoms with Crippen molar-refractivity contribution in [2.24, 2.45) is 11.8 Å². The molecule has 0 radical (unpaired) electrons. The highest BCUT2D eigenvalue weighted by Gasteiger charge is 2.20. The summed E-state index contributed by atoms with van der Waals surface area (Å²) in [6, 6.07) is 8.27. The molecule has 1 fully saturated rings. The van der Waals surface area contributed by atoms with Crippen LogP contribution in [0.5, 0.6) is 5.75 Å². The fourth-order valence-corrected chi connectivity index (χ4v) is 3.92. The van der Waals surface area contributed by atoms with Crippen LogP contribution in [0.3, 0.4) is 0 Å². The van der Waals surface area contributed by atoms with E-state index in [2.05, 4.69) is 48.1 Å². The number of nitrogens with zero attached hydrogens (tertiary/aromatic N) is 2. The van der Waals surface area contributed by atoms with Gasteiger partial charge in [-0.1, -0.05) is 46.0 Å². The first-order valence-electron chi connectivity index (χ1n) is 10.3. The summed E-state index contributed by atoms with van der Waals surface area (Å²) in [5, 5.41) is 0. The van der Waals surface area contributed by atoms with Crippen LogP contribution in [-0.4, -0.2) is 16.6 Å². The van der Waals surface area contributed by atoms with E-state index in [1.165, 1.54) is 38.5 Å². The summed E-state index contributed by atoms with van der Waals surface area (Å²) in [4.78, 5) is 9.03. The average molecular weight is 353 g/mol. The van der Waals surface area contributed by atoms with Crippen LogP contribution in [0, 0.1) is 11.8 Å². The van der Waals surface area contributed by atoms with Gasteiger partial charge in [-0.3, -0.25) is 9.97 Å². The molecule has 1 aromatic carbocycles. The Morgan fingerprint density at radius 3 is 2.23 bits per heavy atom. The lowest BCUT2D eigenvalue weighted by molar-refractivity contribution is 0.178. The van der Waals surface area contributed by atoms with Crippen molar-refractivity contribution in [1.82, 2.24) is 9.97 Å². The summed E-state index contributed by atoms with van der Waals surface area (Å²) in [5.74, 6) is 2.64. The Balaban J connectivity index is 1.49. The SMILES string of the molecule is CCCc1cnc(-c2ccc(OCC3CCC(CCC)CC3)cc2)cn1. The third kappa shape index (κ3) is 5.30. The number of benzene rings is 1. The maximum Gasteiger partial charge on any atom is 0.119 e. The molecule has 0 N–H and O–H groups in total. The van der Waals surface area contributed by atoms with Gasteiger partial charge >= 0.3 is 0 Å². The van der Waals surface area contributed by atoms with Gasteiger partial charge in [0.15, 0.2) is 0 Å². The van der Waals surface area contributed by atoms with Crippen LogP contribution in [0.1, 0.15) is 64.5 Å². The lowest BCUT2D eigenvalue weighted by Crippen LogP contribution is -2.20. The molecular weight excluding hydrogens is 320 g/mol. The second-order valence-corrected chi connectivity index (χ2v) is 7.65. The molecule has 0 aliphatic heterocycles. The van der Waals surface area contributed by atoms with Crippen molar-refractivity contribution in [3.8, 4) is 17.0 Å². The molecule has 26 heavy (non-hydrogen) atoms. The molecule has 1 heterocycles. The van der Waals surface area contributed by atoms with Gasteiger partial charge in [-0.25, -0.2) is 0 Å². The normalized spacial score (nSPS) is 20.1. The topological polar surface area (TPSA) is 35.0 Å². The molecule has 1 aromatic heterocycles. The Morgan fingerprint density at radius 2 is 1.62 bits per heavy atom. The highest BCUT2D eigenvalue weighted by molar-refractivity contribution is 5.58. The molecule has 0 atom stereocenters. The number of hydrogen-bond acceptors (Lipinski definition) is 3.